The Morgan fingerprint density at radius 2 is 1.85 bits per heavy atom. The Balaban J connectivity index is 1.42. The van der Waals surface area contributed by atoms with Gasteiger partial charge in [0.25, 0.3) is 5.91 Å². The summed E-state index contributed by atoms with van der Waals surface area (Å²) in [4.78, 5) is 18.3. The molecule has 1 N–H and O–H groups in total. The van der Waals surface area contributed by atoms with Crippen LogP contribution in [0.15, 0.2) is 70.9 Å². The minimum atomic E-state index is -3.71. The Morgan fingerprint density at radius 3 is 2.58 bits per heavy atom. The van der Waals surface area contributed by atoms with Gasteiger partial charge in [0.05, 0.1) is 12.0 Å². The van der Waals surface area contributed by atoms with E-state index in [1.807, 2.05) is 41.8 Å². The largest absolute Gasteiger partial charge is 0.497 e. The Bertz CT molecular complexity index is 1180. The smallest absolute Gasteiger partial charge is 0.253 e. The highest BCUT2D eigenvalue weighted by Crippen LogP contribution is 2.21. The molecule has 9 heteroatoms. The first kappa shape index (κ1) is 23.3. The summed E-state index contributed by atoms with van der Waals surface area (Å²) in [6, 6.07) is 17.9. The van der Waals surface area contributed by atoms with Crippen molar-refractivity contribution >= 4 is 33.0 Å². The van der Waals surface area contributed by atoms with Crippen LogP contribution in [0.5, 0.6) is 5.75 Å². The molecule has 7 nitrogen and oxygen atoms in total. The van der Waals surface area contributed by atoms with E-state index >= 15 is 0 Å². The maximum absolute atomic E-state index is 13.2. The number of amides is 1. The number of nitrogens with one attached hydrogen (secondary N) is 1. The number of hydrogen-bond acceptors (Lipinski definition) is 6. The molecule has 1 saturated heterocycles. The molecule has 0 spiro atoms. The Hall–Kier alpha value is -2.88. The summed E-state index contributed by atoms with van der Waals surface area (Å²) in [5.41, 5.74) is 1.47. The van der Waals surface area contributed by atoms with Gasteiger partial charge in [0, 0.05) is 48.9 Å². The molecular formula is C24H27N3O4S2. The zero-order chi connectivity index (χ0) is 23.3. The van der Waals surface area contributed by atoms with Gasteiger partial charge in [0.1, 0.15) is 5.75 Å². The van der Waals surface area contributed by atoms with Crippen molar-refractivity contribution in [3.05, 3.63) is 76.5 Å². The van der Waals surface area contributed by atoms with Gasteiger partial charge in [-0.2, -0.15) is 0 Å². The van der Waals surface area contributed by atoms with E-state index in [-0.39, 0.29) is 17.3 Å². The molecule has 0 unspecified atom stereocenters. The molecule has 3 aromatic rings. The van der Waals surface area contributed by atoms with Crippen molar-refractivity contribution in [2.75, 3.05) is 38.2 Å². The van der Waals surface area contributed by atoms with Gasteiger partial charge in [-0.05, 0) is 60.3 Å². The van der Waals surface area contributed by atoms with E-state index < -0.39 is 10.0 Å². The van der Waals surface area contributed by atoms with E-state index in [0.29, 0.717) is 25.2 Å². The number of anilines is 1. The molecule has 4 rings (SSSR count). The lowest BCUT2D eigenvalue weighted by Gasteiger charge is -2.24. The first-order valence-corrected chi connectivity index (χ1v) is 13.1. The van der Waals surface area contributed by atoms with Crippen LogP contribution in [-0.2, 0) is 16.6 Å². The van der Waals surface area contributed by atoms with Gasteiger partial charge in [0.15, 0.2) is 0 Å². The van der Waals surface area contributed by atoms with Crippen LogP contribution in [0.4, 0.5) is 5.69 Å². The molecule has 0 atom stereocenters. The quantitative estimate of drug-likeness (QED) is 0.553. The number of carbonyl (C=O) groups is 1. The number of sulfonamides is 1. The maximum atomic E-state index is 13.2. The summed E-state index contributed by atoms with van der Waals surface area (Å²) in [7, 11) is -2.07. The lowest BCUT2D eigenvalue weighted by atomic mass is 10.2. The van der Waals surface area contributed by atoms with Crippen LogP contribution in [0.2, 0.25) is 0 Å². The molecule has 33 heavy (non-hydrogen) atoms. The first-order chi connectivity index (χ1) is 16.0. The van der Waals surface area contributed by atoms with Gasteiger partial charge in [-0.15, -0.1) is 11.3 Å². The van der Waals surface area contributed by atoms with Crippen LogP contribution < -0.4 is 14.4 Å². The molecule has 2 aromatic carbocycles. The molecule has 0 aliphatic carbocycles. The average molecular weight is 486 g/mol. The predicted molar refractivity (Wildman–Crippen MR) is 131 cm³/mol. The van der Waals surface area contributed by atoms with Crippen LogP contribution in [0.3, 0.4) is 0 Å². The fourth-order valence-corrected chi connectivity index (χ4v) is 5.60. The van der Waals surface area contributed by atoms with Crippen molar-refractivity contribution in [2.45, 2.75) is 17.9 Å². The third kappa shape index (κ3) is 5.73. The summed E-state index contributed by atoms with van der Waals surface area (Å²) >= 11 is 1.49. The molecule has 1 amide bonds. The number of benzene rings is 2. The van der Waals surface area contributed by atoms with Crippen molar-refractivity contribution in [3.8, 4) is 5.75 Å². The van der Waals surface area contributed by atoms with Crippen LogP contribution >= 0.6 is 11.3 Å². The topological polar surface area (TPSA) is 79.0 Å². The summed E-state index contributed by atoms with van der Waals surface area (Å²) < 4.78 is 33.3. The number of ether oxygens (including phenoxy) is 1. The highest BCUT2D eigenvalue weighted by molar-refractivity contribution is 7.89. The standard InChI is InChI=1S/C24H27N3O4S2/c1-31-21-10-8-20(9-11-21)26-12-4-13-27(15-14-26)24(28)19-5-2-7-23(17-19)33(29,30)25-18-22-6-3-16-32-22/h2-3,5-11,16-17,25H,4,12-15,18H2,1H3. The van der Waals surface area contributed by atoms with Gasteiger partial charge in [-0.3, -0.25) is 4.79 Å². The van der Waals surface area contributed by atoms with E-state index in [1.54, 1.807) is 24.1 Å². The minimum absolute atomic E-state index is 0.0968. The van der Waals surface area contributed by atoms with Crippen molar-refractivity contribution in [1.82, 2.24) is 9.62 Å². The summed E-state index contributed by atoms with van der Waals surface area (Å²) in [6.45, 7) is 2.97. The summed E-state index contributed by atoms with van der Waals surface area (Å²) in [6.07, 6.45) is 0.831. The highest BCUT2D eigenvalue weighted by atomic mass is 32.2. The van der Waals surface area contributed by atoms with Gasteiger partial charge in [0.2, 0.25) is 10.0 Å². The number of rotatable bonds is 7. The maximum Gasteiger partial charge on any atom is 0.253 e. The lowest BCUT2D eigenvalue weighted by Crippen LogP contribution is -2.35. The van der Waals surface area contributed by atoms with E-state index in [2.05, 4.69) is 9.62 Å². The average Bonchev–Trinajstić information content (AvgIpc) is 3.25. The fraction of sp³-hybridized carbons (Fsp3) is 0.292. The molecule has 1 aliphatic rings. The summed E-state index contributed by atoms with van der Waals surface area (Å²) in [5, 5.41) is 1.90. The number of hydrogen-bond donors (Lipinski definition) is 1. The number of thiophene rings is 1. The molecule has 0 radical (unpaired) electrons. The van der Waals surface area contributed by atoms with Crippen molar-refractivity contribution in [1.29, 1.82) is 0 Å². The van der Waals surface area contributed by atoms with Gasteiger partial charge >= 0.3 is 0 Å². The molecule has 1 aliphatic heterocycles. The van der Waals surface area contributed by atoms with E-state index in [0.717, 1.165) is 29.3 Å². The SMILES string of the molecule is COc1ccc(N2CCCN(C(=O)c3cccc(S(=O)(=O)NCc4cccs4)c3)CC2)cc1. The molecule has 0 saturated carbocycles. The van der Waals surface area contributed by atoms with Crippen molar-refractivity contribution in [3.63, 3.8) is 0 Å². The molecule has 174 valence electrons. The van der Waals surface area contributed by atoms with Crippen molar-refractivity contribution < 1.29 is 17.9 Å². The van der Waals surface area contributed by atoms with Gasteiger partial charge < -0.3 is 14.5 Å². The van der Waals surface area contributed by atoms with Crippen LogP contribution in [-0.4, -0.2) is 52.5 Å². The molecule has 1 aromatic heterocycles. The number of carbonyl (C=O) groups excluding carboxylic acids is 1. The second kappa shape index (κ2) is 10.4. The molecular weight excluding hydrogens is 458 g/mol. The third-order valence-corrected chi connectivity index (χ3v) is 7.90. The number of methoxy groups -OCH3 is 1. The van der Waals surface area contributed by atoms with E-state index in [4.69, 9.17) is 4.74 Å². The molecule has 2 heterocycles. The van der Waals surface area contributed by atoms with Crippen LogP contribution in [0.1, 0.15) is 21.7 Å². The van der Waals surface area contributed by atoms with Crippen LogP contribution in [0, 0.1) is 0 Å². The van der Waals surface area contributed by atoms with Gasteiger partial charge in [-0.25, -0.2) is 13.1 Å². The van der Waals surface area contributed by atoms with E-state index in [9.17, 15) is 13.2 Å². The molecule has 1 fully saturated rings. The highest BCUT2D eigenvalue weighted by Gasteiger charge is 2.22. The first-order valence-electron chi connectivity index (χ1n) is 10.8. The molecule has 0 bridgehead atoms. The zero-order valence-electron chi connectivity index (χ0n) is 18.4. The minimum Gasteiger partial charge on any atom is -0.497 e. The fourth-order valence-electron chi connectivity index (χ4n) is 3.81. The Labute approximate surface area is 198 Å². The summed E-state index contributed by atoms with van der Waals surface area (Å²) in [5.74, 6) is 0.659. The zero-order valence-corrected chi connectivity index (χ0v) is 20.1. The van der Waals surface area contributed by atoms with Crippen molar-refractivity contribution in [2.24, 2.45) is 0 Å². The van der Waals surface area contributed by atoms with Gasteiger partial charge in [-0.1, -0.05) is 12.1 Å². The lowest BCUT2D eigenvalue weighted by molar-refractivity contribution is 0.0767. The monoisotopic (exact) mass is 485 g/mol. The van der Waals surface area contributed by atoms with E-state index in [1.165, 1.54) is 23.5 Å². The van der Waals surface area contributed by atoms with Crippen LogP contribution in [0.25, 0.3) is 0 Å². The normalized spacial score (nSPS) is 14.7. The Kier molecular flexibility index (Phi) is 7.32. The second-order valence-corrected chi connectivity index (χ2v) is 10.6. The Morgan fingerprint density at radius 1 is 1.03 bits per heavy atom. The number of nitrogens with zero attached hydrogens (tertiary/aromatic N) is 2. The third-order valence-electron chi connectivity index (χ3n) is 5.63. The second-order valence-electron chi connectivity index (χ2n) is 7.76. The predicted octanol–water partition coefficient (Wildman–Crippen LogP) is 3.59.